The van der Waals surface area contributed by atoms with E-state index in [4.69, 9.17) is 11.6 Å². The summed E-state index contributed by atoms with van der Waals surface area (Å²) in [5, 5.41) is 0.0830. The van der Waals surface area contributed by atoms with Crippen LogP contribution in [-0.2, 0) is 10.0 Å². The number of benzene rings is 2. The molecule has 1 amide bonds. The molecular formula is C22H27ClN2O3S. The van der Waals surface area contributed by atoms with Crippen LogP contribution in [0.1, 0.15) is 53.6 Å². The van der Waals surface area contributed by atoms with Gasteiger partial charge < -0.3 is 4.90 Å². The molecule has 1 N–H and O–H groups in total. The largest absolute Gasteiger partial charge is 0.339 e. The van der Waals surface area contributed by atoms with Gasteiger partial charge in [-0.2, -0.15) is 0 Å². The molecule has 1 aliphatic rings. The Balaban J connectivity index is 1.89. The molecule has 0 radical (unpaired) electrons. The molecule has 1 saturated carbocycles. The van der Waals surface area contributed by atoms with Crippen LogP contribution in [0.5, 0.6) is 0 Å². The molecule has 156 valence electrons. The number of carbonyl (C=O) groups is 1. The average Bonchev–Trinajstić information content (AvgIpc) is 2.70. The summed E-state index contributed by atoms with van der Waals surface area (Å²) in [6.45, 7) is 3.72. The zero-order valence-corrected chi connectivity index (χ0v) is 18.6. The first kappa shape index (κ1) is 21.7. The monoisotopic (exact) mass is 434 g/mol. The van der Waals surface area contributed by atoms with Crippen LogP contribution in [0.4, 0.5) is 5.69 Å². The van der Waals surface area contributed by atoms with Crippen LogP contribution in [0.25, 0.3) is 0 Å². The number of nitrogens with zero attached hydrogens (tertiary/aromatic N) is 1. The number of nitrogens with one attached hydrogen (secondary N) is 1. The lowest BCUT2D eigenvalue weighted by Gasteiger charge is -2.31. The number of rotatable bonds is 5. The molecule has 0 atom stereocenters. The van der Waals surface area contributed by atoms with Crippen molar-refractivity contribution in [3.63, 3.8) is 0 Å². The van der Waals surface area contributed by atoms with Gasteiger partial charge in [0.2, 0.25) is 0 Å². The molecule has 0 spiro atoms. The summed E-state index contributed by atoms with van der Waals surface area (Å²) in [5.41, 5.74) is 2.57. The lowest BCUT2D eigenvalue weighted by Crippen LogP contribution is -2.38. The fourth-order valence-corrected chi connectivity index (χ4v) is 5.37. The Morgan fingerprint density at radius 3 is 2.45 bits per heavy atom. The highest BCUT2D eigenvalue weighted by atomic mass is 35.5. The van der Waals surface area contributed by atoms with Crippen molar-refractivity contribution in [2.24, 2.45) is 0 Å². The zero-order valence-electron chi connectivity index (χ0n) is 17.0. The summed E-state index contributed by atoms with van der Waals surface area (Å²) in [4.78, 5) is 14.6. The van der Waals surface area contributed by atoms with Crippen LogP contribution in [0.3, 0.4) is 0 Å². The first-order chi connectivity index (χ1) is 13.7. The number of hydrogen-bond acceptors (Lipinski definition) is 3. The topological polar surface area (TPSA) is 66.5 Å². The fraction of sp³-hybridized carbons (Fsp3) is 0.409. The van der Waals surface area contributed by atoms with Crippen molar-refractivity contribution in [3.8, 4) is 0 Å². The maximum Gasteiger partial charge on any atom is 0.263 e. The smallest absolute Gasteiger partial charge is 0.263 e. The molecule has 0 aliphatic heterocycles. The van der Waals surface area contributed by atoms with Crippen LogP contribution >= 0.6 is 11.6 Å². The quantitative estimate of drug-likeness (QED) is 0.706. The SMILES string of the molecule is Cc1ccc(C)c(NS(=O)(=O)c2cc(C(=O)N(C)C3CCCCC3)ccc2Cl)c1. The van der Waals surface area contributed by atoms with E-state index in [1.165, 1.54) is 18.6 Å². The lowest BCUT2D eigenvalue weighted by molar-refractivity contribution is 0.0696. The first-order valence-electron chi connectivity index (χ1n) is 9.86. The van der Waals surface area contributed by atoms with Gasteiger partial charge in [-0.1, -0.05) is 43.0 Å². The Kier molecular flexibility index (Phi) is 6.54. The summed E-state index contributed by atoms with van der Waals surface area (Å²) in [7, 11) is -2.16. The Morgan fingerprint density at radius 1 is 1.07 bits per heavy atom. The van der Waals surface area contributed by atoms with E-state index >= 15 is 0 Å². The minimum Gasteiger partial charge on any atom is -0.339 e. The highest BCUT2D eigenvalue weighted by Crippen LogP contribution is 2.28. The number of aryl methyl sites for hydroxylation is 2. The highest BCUT2D eigenvalue weighted by molar-refractivity contribution is 7.92. The Hall–Kier alpha value is -2.05. The molecule has 1 aliphatic carbocycles. The highest BCUT2D eigenvalue weighted by Gasteiger charge is 2.26. The van der Waals surface area contributed by atoms with Gasteiger partial charge in [-0.25, -0.2) is 8.42 Å². The Labute approximate surface area is 178 Å². The van der Waals surface area contributed by atoms with E-state index in [2.05, 4.69) is 4.72 Å². The molecule has 0 bridgehead atoms. The zero-order chi connectivity index (χ0) is 21.2. The third-order valence-corrected chi connectivity index (χ3v) is 7.39. The van der Waals surface area contributed by atoms with Crippen LogP contribution in [0.15, 0.2) is 41.3 Å². The number of carbonyl (C=O) groups excluding carboxylic acids is 1. The van der Waals surface area contributed by atoms with Gasteiger partial charge in [-0.3, -0.25) is 9.52 Å². The van der Waals surface area contributed by atoms with E-state index in [1.807, 2.05) is 26.0 Å². The number of hydrogen-bond donors (Lipinski definition) is 1. The third-order valence-electron chi connectivity index (χ3n) is 5.55. The molecule has 0 heterocycles. The molecule has 0 aromatic heterocycles. The van der Waals surface area contributed by atoms with Crippen molar-refractivity contribution in [3.05, 3.63) is 58.1 Å². The van der Waals surface area contributed by atoms with Gasteiger partial charge in [-0.05, 0) is 62.1 Å². The summed E-state index contributed by atoms with van der Waals surface area (Å²) in [6.07, 6.45) is 5.39. The van der Waals surface area contributed by atoms with E-state index in [0.717, 1.165) is 36.8 Å². The molecule has 3 rings (SSSR count). The van der Waals surface area contributed by atoms with Crippen molar-refractivity contribution < 1.29 is 13.2 Å². The molecule has 29 heavy (non-hydrogen) atoms. The van der Waals surface area contributed by atoms with E-state index < -0.39 is 10.0 Å². The second-order valence-electron chi connectivity index (χ2n) is 7.78. The van der Waals surface area contributed by atoms with Crippen molar-refractivity contribution in [2.75, 3.05) is 11.8 Å². The number of halogens is 1. The Bertz CT molecular complexity index is 1010. The summed E-state index contributed by atoms with van der Waals surface area (Å²) in [5.74, 6) is -0.184. The van der Waals surface area contributed by atoms with Gasteiger partial charge in [0, 0.05) is 18.7 Å². The van der Waals surface area contributed by atoms with E-state index in [1.54, 1.807) is 24.1 Å². The standard InChI is InChI=1S/C22H27ClN2O3S/c1-15-9-10-16(2)20(13-15)24-29(27,28)21-14-17(11-12-19(21)23)22(26)25(3)18-7-5-4-6-8-18/h9-14,18,24H,4-8H2,1-3H3. The van der Waals surface area contributed by atoms with Gasteiger partial charge in [-0.15, -0.1) is 0 Å². The molecule has 2 aromatic rings. The van der Waals surface area contributed by atoms with Gasteiger partial charge in [0.1, 0.15) is 4.90 Å². The molecule has 2 aromatic carbocycles. The number of anilines is 1. The van der Waals surface area contributed by atoms with Crippen LogP contribution in [-0.4, -0.2) is 32.3 Å². The summed E-state index contributed by atoms with van der Waals surface area (Å²) in [6, 6.07) is 10.2. The van der Waals surface area contributed by atoms with Crippen molar-refractivity contribution in [2.45, 2.75) is 56.9 Å². The minimum absolute atomic E-state index is 0.0830. The van der Waals surface area contributed by atoms with Crippen LogP contribution in [0.2, 0.25) is 5.02 Å². The predicted octanol–water partition coefficient (Wildman–Crippen LogP) is 5.16. The maximum atomic E-state index is 13.0. The van der Waals surface area contributed by atoms with E-state index in [9.17, 15) is 13.2 Å². The lowest BCUT2D eigenvalue weighted by atomic mass is 9.94. The average molecular weight is 435 g/mol. The van der Waals surface area contributed by atoms with E-state index in [0.29, 0.717) is 11.3 Å². The second-order valence-corrected chi connectivity index (χ2v) is 9.83. The molecule has 1 fully saturated rings. The fourth-order valence-electron chi connectivity index (χ4n) is 3.73. The van der Waals surface area contributed by atoms with Crippen molar-refractivity contribution in [1.29, 1.82) is 0 Å². The second kappa shape index (κ2) is 8.76. The van der Waals surface area contributed by atoms with Crippen molar-refractivity contribution >= 4 is 33.2 Å². The third kappa shape index (κ3) is 4.93. The van der Waals surface area contributed by atoms with Crippen LogP contribution < -0.4 is 4.72 Å². The van der Waals surface area contributed by atoms with Gasteiger partial charge >= 0.3 is 0 Å². The Morgan fingerprint density at radius 2 is 1.76 bits per heavy atom. The normalized spacial score (nSPS) is 15.2. The predicted molar refractivity (Wildman–Crippen MR) is 117 cm³/mol. The van der Waals surface area contributed by atoms with E-state index in [-0.39, 0.29) is 21.9 Å². The summed E-state index contributed by atoms with van der Waals surface area (Å²) >= 11 is 6.21. The van der Waals surface area contributed by atoms with Gasteiger partial charge in [0.25, 0.3) is 15.9 Å². The van der Waals surface area contributed by atoms with Gasteiger partial charge in [0.05, 0.1) is 10.7 Å². The molecule has 5 nitrogen and oxygen atoms in total. The van der Waals surface area contributed by atoms with Gasteiger partial charge in [0.15, 0.2) is 0 Å². The number of sulfonamides is 1. The van der Waals surface area contributed by atoms with Crippen molar-refractivity contribution in [1.82, 2.24) is 4.90 Å². The molecule has 0 saturated heterocycles. The molecule has 0 unspecified atom stereocenters. The summed E-state index contributed by atoms with van der Waals surface area (Å²) < 4.78 is 28.6. The van der Waals surface area contributed by atoms with Crippen LogP contribution in [0, 0.1) is 13.8 Å². The minimum atomic E-state index is -3.94. The molecule has 7 heteroatoms. The number of amides is 1. The molecular weight excluding hydrogens is 408 g/mol. The first-order valence-corrected chi connectivity index (χ1v) is 11.7. The maximum absolute atomic E-state index is 13.0.